The van der Waals surface area contributed by atoms with Gasteiger partial charge in [0.2, 0.25) is 5.91 Å². The first-order valence-electron chi connectivity index (χ1n) is 12.3. The van der Waals surface area contributed by atoms with E-state index in [0.717, 1.165) is 37.9 Å². The summed E-state index contributed by atoms with van der Waals surface area (Å²) < 4.78 is 11.1. The summed E-state index contributed by atoms with van der Waals surface area (Å²) in [5.74, 6) is -0.374. The van der Waals surface area contributed by atoms with Gasteiger partial charge in [-0.1, -0.05) is 67.1 Å². The molecule has 0 fully saturated rings. The highest BCUT2D eigenvalue weighted by Crippen LogP contribution is 2.07. The van der Waals surface area contributed by atoms with Gasteiger partial charge in [0.25, 0.3) is 0 Å². The molecule has 0 heterocycles. The Bertz CT molecular complexity index is 812. The molecule has 0 aliphatic heterocycles. The van der Waals surface area contributed by atoms with Gasteiger partial charge in [-0.3, -0.25) is 9.59 Å². The minimum absolute atomic E-state index is 0.0610. The van der Waals surface area contributed by atoms with Crippen molar-refractivity contribution in [2.24, 2.45) is 0 Å². The van der Waals surface area contributed by atoms with E-state index < -0.39 is 0 Å². The highest BCUT2D eigenvalue weighted by Gasteiger charge is 2.18. The Balaban J connectivity index is 1.54. The number of hydrogen-bond acceptors (Lipinski definition) is 5. The fraction of sp³-hybridized carbons (Fsp3) is 0.500. The van der Waals surface area contributed by atoms with Gasteiger partial charge in [-0.05, 0) is 50.9 Å². The number of aryl methyl sites for hydroxylation is 1. The van der Waals surface area contributed by atoms with E-state index in [1.165, 1.54) is 5.56 Å². The Morgan fingerprint density at radius 2 is 1.50 bits per heavy atom. The number of esters is 1. The molecule has 0 spiro atoms. The third-order valence-electron chi connectivity index (χ3n) is 5.40. The lowest BCUT2D eigenvalue weighted by Gasteiger charge is -2.22. The quantitative estimate of drug-likeness (QED) is 0.276. The first-order valence-corrected chi connectivity index (χ1v) is 12.3. The van der Waals surface area contributed by atoms with Crippen LogP contribution in [0.4, 0.5) is 0 Å². The molecule has 1 unspecified atom stereocenters. The Hall–Kier alpha value is -2.70. The van der Waals surface area contributed by atoms with Crippen molar-refractivity contribution in [1.29, 1.82) is 0 Å². The number of unbranched alkanes of at least 4 members (excludes halogenated alkanes) is 2. The van der Waals surface area contributed by atoms with E-state index in [0.29, 0.717) is 26.0 Å². The van der Waals surface area contributed by atoms with E-state index in [9.17, 15) is 9.59 Å². The molecule has 1 amide bonds. The second kappa shape index (κ2) is 16.8. The predicted octanol–water partition coefficient (Wildman–Crippen LogP) is 4.38. The first kappa shape index (κ1) is 27.5. The van der Waals surface area contributed by atoms with Crippen LogP contribution in [0.25, 0.3) is 0 Å². The van der Waals surface area contributed by atoms with E-state index in [4.69, 9.17) is 9.47 Å². The zero-order valence-corrected chi connectivity index (χ0v) is 20.7. The van der Waals surface area contributed by atoms with Crippen LogP contribution in [0.15, 0.2) is 60.7 Å². The van der Waals surface area contributed by atoms with Crippen LogP contribution >= 0.6 is 0 Å². The third-order valence-corrected chi connectivity index (χ3v) is 5.40. The lowest BCUT2D eigenvalue weighted by atomic mass is 10.1. The van der Waals surface area contributed by atoms with Crippen LogP contribution in [0.2, 0.25) is 0 Å². The van der Waals surface area contributed by atoms with Crippen LogP contribution in [0.3, 0.4) is 0 Å². The zero-order chi connectivity index (χ0) is 24.4. The summed E-state index contributed by atoms with van der Waals surface area (Å²) >= 11 is 0. The summed E-state index contributed by atoms with van der Waals surface area (Å²) in [5.41, 5.74) is 2.33. The fourth-order valence-corrected chi connectivity index (χ4v) is 3.69. The van der Waals surface area contributed by atoms with E-state index in [1.807, 2.05) is 55.4 Å². The standard InChI is InChI=1S/C28H40N2O4/c1-30(2)22-26(21-28(32)34-23-25-16-8-4-9-17-25)29-27(31)18-12-20-33-19-11-5-10-15-24-13-6-3-7-14-24/h3-4,6-9,13-14,16-17,26H,5,10-12,15,18-23H2,1-2H3,(H,29,31). The molecule has 34 heavy (non-hydrogen) atoms. The Labute approximate surface area is 204 Å². The van der Waals surface area contributed by atoms with Gasteiger partial charge in [0, 0.05) is 26.2 Å². The normalized spacial score (nSPS) is 11.9. The summed E-state index contributed by atoms with van der Waals surface area (Å²) in [6.45, 7) is 2.12. The topological polar surface area (TPSA) is 67.9 Å². The molecule has 0 saturated carbocycles. The monoisotopic (exact) mass is 468 g/mol. The summed E-state index contributed by atoms with van der Waals surface area (Å²) in [5, 5.41) is 2.97. The van der Waals surface area contributed by atoms with Gasteiger partial charge in [-0.2, -0.15) is 0 Å². The highest BCUT2D eigenvalue weighted by atomic mass is 16.5. The van der Waals surface area contributed by atoms with Crippen molar-refractivity contribution in [2.45, 2.75) is 57.6 Å². The molecule has 2 rings (SSSR count). The minimum atomic E-state index is -0.313. The molecule has 2 aromatic rings. The molecule has 0 aliphatic carbocycles. The molecule has 0 bridgehead atoms. The van der Waals surface area contributed by atoms with Gasteiger partial charge in [0.05, 0.1) is 12.5 Å². The van der Waals surface area contributed by atoms with E-state index in [2.05, 4.69) is 29.6 Å². The number of rotatable bonds is 17. The molecule has 0 radical (unpaired) electrons. The average Bonchev–Trinajstić information content (AvgIpc) is 2.82. The Morgan fingerprint density at radius 1 is 0.853 bits per heavy atom. The highest BCUT2D eigenvalue weighted by molar-refractivity contribution is 5.77. The van der Waals surface area contributed by atoms with Crippen molar-refractivity contribution in [1.82, 2.24) is 10.2 Å². The van der Waals surface area contributed by atoms with Gasteiger partial charge in [-0.15, -0.1) is 0 Å². The maximum atomic E-state index is 12.4. The average molecular weight is 469 g/mol. The largest absolute Gasteiger partial charge is 0.461 e. The minimum Gasteiger partial charge on any atom is -0.461 e. The Kier molecular flexibility index (Phi) is 13.6. The van der Waals surface area contributed by atoms with Crippen molar-refractivity contribution in [3.8, 4) is 0 Å². The molecule has 1 N–H and O–H groups in total. The van der Waals surface area contributed by atoms with Gasteiger partial charge < -0.3 is 19.7 Å². The van der Waals surface area contributed by atoms with Crippen LogP contribution in [-0.2, 0) is 32.1 Å². The van der Waals surface area contributed by atoms with E-state index in [1.54, 1.807) is 0 Å². The van der Waals surface area contributed by atoms with Gasteiger partial charge >= 0.3 is 5.97 Å². The lowest BCUT2D eigenvalue weighted by Crippen LogP contribution is -2.43. The molecule has 0 saturated heterocycles. The van der Waals surface area contributed by atoms with Gasteiger partial charge in [-0.25, -0.2) is 0 Å². The van der Waals surface area contributed by atoms with Crippen molar-refractivity contribution in [3.63, 3.8) is 0 Å². The zero-order valence-electron chi connectivity index (χ0n) is 20.7. The molecule has 186 valence electrons. The van der Waals surface area contributed by atoms with E-state index >= 15 is 0 Å². The summed E-state index contributed by atoms with van der Waals surface area (Å²) in [7, 11) is 3.84. The van der Waals surface area contributed by atoms with Crippen LogP contribution in [-0.4, -0.2) is 56.7 Å². The smallest absolute Gasteiger partial charge is 0.308 e. The van der Waals surface area contributed by atoms with Crippen molar-refractivity contribution in [3.05, 3.63) is 71.8 Å². The molecule has 6 nitrogen and oxygen atoms in total. The number of likely N-dealkylation sites (N-methyl/N-ethyl adjacent to an activating group) is 1. The summed E-state index contributed by atoms with van der Waals surface area (Å²) in [6, 6.07) is 19.8. The Morgan fingerprint density at radius 3 is 2.18 bits per heavy atom. The summed E-state index contributed by atoms with van der Waals surface area (Å²) in [6.07, 6.45) is 5.65. The molecular weight excluding hydrogens is 428 g/mol. The number of nitrogens with zero attached hydrogens (tertiary/aromatic N) is 1. The lowest BCUT2D eigenvalue weighted by molar-refractivity contribution is -0.145. The number of ether oxygens (including phenoxy) is 2. The molecular formula is C28H40N2O4. The molecule has 6 heteroatoms. The SMILES string of the molecule is CN(C)CC(CC(=O)OCc1ccccc1)NC(=O)CCCOCCCCCc1ccccc1. The van der Waals surface area contributed by atoms with Crippen LogP contribution in [0, 0.1) is 0 Å². The van der Waals surface area contributed by atoms with Crippen molar-refractivity contribution >= 4 is 11.9 Å². The fourth-order valence-electron chi connectivity index (χ4n) is 3.69. The number of nitrogens with one attached hydrogen (secondary N) is 1. The maximum absolute atomic E-state index is 12.4. The predicted molar refractivity (Wildman–Crippen MR) is 135 cm³/mol. The number of carbonyl (C=O) groups excluding carboxylic acids is 2. The second-order valence-electron chi connectivity index (χ2n) is 8.89. The third kappa shape index (κ3) is 13.1. The number of benzene rings is 2. The van der Waals surface area contributed by atoms with Gasteiger partial charge in [0.1, 0.15) is 6.61 Å². The van der Waals surface area contributed by atoms with Crippen LogP contribution < -0.4 is 5.32 Å². The molecule has 2 aromatic carbocycles. The number of carbonyl (C=O) groups is 2. The van der Waals surface area contributed by atoms with Crippen LogP contribution in [0.1, 0.15) is 49.7 Å². The van der Waals surface area contributed by atoms with Crippen molar-refractivity contribution < 1.29 is 19.1 Å². The number of hydrogen-bond donors (Lipinski definition) is 1. The van der Waals surface area contributed by atoms with Gasteiger partial charge in [0.15, 0.2) is 0 Å². The maximum Gasteiger partial charge on any atom is 0.308 e. The number of amides is 1. The van der Waals surface area contributed by atoms with Crippen molar-refractivity contribution in [2.75, 3.05) is 33.9 Å². The van der Waals surface area contributed by atoms with E-state index in [-0.39, 0.29) is 30.9 Å². The second-order valence-corrected chi connectivity index (χ2v) is 8.89. The molecule has 1 atom stereocenters. The molecule has 0 aromatic heterocycles. The summed E-state index contributed by atoms with van der Waals surface area (Å²) in [4.78, 5) is 26.6. The molecule has 0 aliphatic rings. The first-order chi connectivity index (χ1) is 16.5. The van der Waals surface area contributed by atoms with Crippen LogP contribution in [0.5, 0.6) is 0 Å².